The highest BCUT2D eigenvalue weighted by molar-refractivity contribution is 6.12. The second kappa shape index (κ2) is 11.6. The normalized spacial score (nSPS) is 13.7. The lowest BCUT2D eigenvalue weighted by Gasteiger charge is -2.34. The molecule has 0 N–H and O–H groups in total. The van der Waals surface area contributed by atoms with Gasteiger partial charge in [0.2, 0.25) is 0 Å². The first-order chi connectivity index (χ1) is 23.0. The highest BCUT2D eigenvalue weighted by Gasteiger charge is 2.34. The lowest BCUT2D eigenvalue weighted by atomic mass is 9.75. The molecule has 2 heteroatoms. The Labute approximate surface area is 277 Å². The molecule has 1 aromatic heterocycles. The average molecular weight is 607 g/mol. The van der Waals surface area contributed by atoms with Crippen LogP contribution in [0.2, 0.25) is 0 Å². The number of anilines is 2. The maximum absolute atomic E-state index is 2.49. The highest BCUT2D eigenvalue weighted by Crippen LogP contribution is 2.48. The number of hydrogen-bond acceptors (Lipinski definition) is 1. The van der Waals surface area contributed by atoms with Gasteiger partial charge in [-0.15, -0.1) is 0 Å². The molecular weight excluding hydrogens is 569 g/mol. The van der Waals surface area contributed by atoms with Crippen molar-refractivity contribution in [1.82, 2.24) is 4.57 Å². The summed E-state index contributed by atoms with van der Waals surface area (Å²) >= 11 is 0. The van der Waals surface area contributed by atoms with Crippen molar-refractivity contribution in [3.8, 4) is 16.8 Å². The van der Waals surface area contributed by atoms with E-state index in [1.165, 1.54) is 66.6 Å². The number of para-hydroxylation sites is 2. The second-order valence-electron chi connectivity index (χ2n) is 13.0. The molecule has 0 aliphatic carbocycles. The molecule has 228 valence electrons. The zero-order valence-electron chi connectivity index (χ0n) is 27.2. The summed E-state index contributed by atoms with van der Waals surface area (Å²) in [7, 11) is 0. The third-order valence-electron chi connectivity index (χ3n) is 9.86. The fraction of sp³-hybridized carbons (Fsp3) is 0.111. The van der Waals surface area contributed by atoms with Gasteiger partial charge in [0.05, 0.1) is 16.7 Å². The Morgan fingerprint density at radius 3 is 2.09 bits per heavy atom. The van der Waals surface area contributed by atoms with Crippen LogP contribution in [0, 0.1) is 0 Å². The van der Waals surface area contributed by atoms with Crippen LogP contribution in [0.5, 0.6) is 0 Å². The maximum atomic E-state index is 2.49. The number of allylic oxidation sites excluding steroid dienone is 3. The predicted molar refractivity (Wildman–Crippen MR) is 201 cm³/mol. The van der Waals surface area contributed by atoms with Crippen molar-refractivity contribution in [1.29, 1.82) is 0 Å². The van der Waals surface area contributed by atoms with Crippen LogP contribution in [0.4, 0.5) is 11.4 Å². The first kappa shape index (κ1) is 28.8. The molecule has 0 atom stereocenters. The minimum Gasteiger partial charge on any atom is -0.338 e. The van der Waals surface area contributed by atoms with Crippen LogP contribution in [0.1, 0.15) is 37.5 Å². The summed E-state index contributed by atoms with van der Waals surface area (Å²) in [6.45, 7) is 7.63. The van der Waals surface area contributed by atoms with E-state index in [1.54, 1.807) is 0 Å². The number of rotatable bonds is 7. The zero-order chi connectivity index (χ0) is 32.0. The van der Waals surface area contributed by atoms with E-state index in [-0.39, 0.29) is 5.41 Å². The number of hydrogen-bond donors (Lipinski definition) is 0. The van der Waals surface area contributed by atoms with Gasteiger partial charge in [0, 0.05) is 34.1 Å². The van der Waals surface area contributed by atoms with Gasteiger partial charge in [-0.1, -0.05) is 141 Å². The summed E-state index contributed by atoms with van der Waals surface area (Å²) in [5, 5.41) is 2.58. The molecule has 7 aromatic rings. The zero-order valence-corrected chi connectivity index (χ0v) is 27.2. The van der Waals surface area contributed by atoms with Gasteiger partial charge in [-0.2, -0.15) is 0 Å². The van der Waals surface area contributed by atoms with Gasteiger partial charge in [0.25, 0.3) is 0 Å². The van der Waals surface area contributed by atoms with Crippen LogP contribution >= 0.6 is 0 Å². The Bertz CT molecular complexity index is 2280. The van der Waals surface area contributed by atoms with Gasteiger partial charge in [-0.05, 0) is 76.7 Å². The molecule has 0 bridgehead atoms. The van der Waals surface area contributed by atoms with Gasteiger partial charge < -0.3 is 9.47 Å². The summed E-state index contributed by atoms with van der Waals surface area (Å²) in [6, 6.07) is 52.9. The van der Waals surface area contributed by atoms with Crippen LogP contribution in [-0.2, 0) is 5.41 Å². The molecule has 8 rings (SSSR count). The van der Waals surface area contributed by atoms with Crippen molar-refractivity contribution in [2.45, 2.75) is 26.2 Å². The molecule has 0 spiro atoms. The Balaban J connectivity index is 1.24. The minimum absolute atomic E-state index is 0.0773. The summed E-state index contributed by atoms with van der Waals surface area (Å²) in [4.78, 5) is 2.42. The fourth-order valence-electron chi connectivity index (χ4n) is 7.32. The molecule has 0 fully saturated rings. The van der Waals surface area contributed by atoms with Crippen molar-refractivity contribution in [2.24, 2.45) is 0 Å². The summed E-state index contributed by atoms with van der Waals surface area (Å²) in [5.74, 6) is 0. The quantitative estimate of drug-likeness (QED) is 0.164. The predicted octanol–water partition coefficient (Wildman–Crippen LogP) is 11.9. The summed E-state index contributed by atoms with van der Waals surface area (Å²) in [5.41, 5.74) is 13.8. The van der Waals surface area contributed by atoms with Gasteiger partial charge in [0.1, 0.15) is 0 Å². The maximum Gasteiger partial charge on any atom is 0.0582 e. The van der Waals surface area contributed by atoms with E-state index in [0.717, 1.165) is 12.2 Å². The van der Waals surface area contributed by atoms with Crippen molar-refractivity contribution in [2.75, 3.05) is 11.4 Å². The Morgan fingerprint density at radius 1 is 0.638 bits per heavy atom. The third-order valence-corrected chi connectivity index (χ3v) is 9.86. The molecule has 1 aliphatic heterocycles. The monoisotopic (exact) mass is 606 g/mol. The van der Waals surface area contributed by atoms with E-state index in [9.17, 15) is 0 Å². The summed E-state index contributed by atoms with van der Waals surface area (Å²) < 4.78 is 2.49. The van der Waals surface area contributed by atoms with E-state index >= 15 is 0 Å². The van der Waals surface area contributed by atoms with Crippen molar-refractivity contribution < 1.29 is 0 Å². The van der Waals surface area contributed by atoms with Gasteiger partial charge in [0.15, 0.2) is 0 Å². The molecule has 6 aromatic carbocycles. The van der Waals surface area contributed by atoms with E-state index < -0.39 is 0 Å². The van der Waals surface area contributed by atoms with Gasteiger partial charge >= 0.3 is 0 Å². The van der Waals surface area contributed by atoms with Crippen LogP contribution in [0.15, 0.2) is 164 Å². The standard InChI is InChI=1S/C45H38N2/c1-32(33-16-6-4-7-17-33)15-12-13-30-46(36-26-24-35(25-27-36)34-18-8-5-9-19-34)37-28-29-42-39(31-37)38-20-14-22-41-44(38)47(42)43-23-11-10-21-40(43)45(41,2)3/h4-29,31H,30H2,1-3H3/b13-12-,32-15+. The molecule has 0 unspecified atom stereocenters. The molecule has 2 heterocycles. The molecule has 47 heavy (non-hydrogen) atoms. The topological polar surface area (TPSA) is 8.17 Å². The first-order valence-electron chi connectivity index (χ1n) is 16.5. The van der Waals surface area contributed by atoms with Crippen molar-refractivity contribution in [3.63, 3.8) is 0 Å². The highest BCUT2D eigenvalue weighted by atomic mass is 15.1. The van der Waals surface area contributed by atoms with E-state index in [0.29, 0.717) is 0 Å². The number of aromatic nitrogens is 1. The van der Waals surface area contributed by atoms with Crippen LogP contribution in [-0.4, -0.2) is 11.1 Å². The Hall–Kier alpha value is -5.60. The molecule has 0 saturated carbocycles. The molecule has 2 nitrogen and oxygen atoms in total. The van der Waals surface area contributed by atoms with E-state index in [1.807, 2.05) is 0 Å². The second-order valence-corrected chi connectivity index (χ2v) is 13.0. The van der Waals surface area contributed by atoms with Crippen LogP contribution in [0.25, 0.3) is 44.2 Å². The molecule has 0 amide bonds. The lowest BCUT2D eigenvalue weighted by Crippen LogP contribution is -2.26. The van der Waals surface area contributed by atoms with Crippen LogP contribution in [0.3, 0.4) is 0 Å². The average Bonchev–Trinajstić information content (AvgIpc) is 3.46. The summed E-state index contributed by atoms with van der Waals surface area (Å²) in [6.07, 6.45) is 6.65. The minimum atomic E-state index is -0.0773. The Morgan fingerprint density at radius 2 is 1.30 bits per heavy atom. The molecule has 0 saturated heterocycles. The van der Waals surface area contributed by atoms with Gasteiger partial charge in [-0.3, -0.25) is 0 Å². The third kappa shape index (κ3) is 4.98. The Kier molecular flexibility index (Phi) is 7.14. The molecule has 1 aliphatic rings. The van der Waals surface area contributed by atoms with Crippen molar-refractivity contribution in [3.05, 3.63) is 181 Å². The van der Waals surface area contributed by atoms with Crippen molar-refractivity contribution >= 4 is 38.8 Å². The molecular formula is C45H38N2. The van der Waals surface area contributed by atoms with E-state index in [4.69, 9.17) is 0 Å². The number of benzene rings is 6. The largest absolute Gasteiger partial charge is 0.338 e. The number of nitrogens with zero attached hydrogens (tertiary/aromatic N) is 2. The lowest BCUT2D eigenvalue weighted by molar-refractivity contribution is 0.630. The van der Waals surface area contributed by atoms with Crippen LogP contribution < -0.4 is 4.90 Å². The molecule has 0 radical (unpaired) electrons. The van der Waals surface area contributed by atoms with Gasteiger partial charge in [-0.25, -0.2) is 0 Å². The van der Waals surface area contributed by atoms with E-state index in [2.05, 4.69) is 194 Å². The SMILES string of the molecule is C/C(=C\C=C/CN(c1ccc(-c2ccccc2)cc1)c1ccc2c(c1)c1cccc3c1n2-c1ccccc1C3(C)C)c1ccccc1. The number of fused-ring (bicyclic) bond motifs is 5. The smallest absolute Gasteiger partial charge is 0.0582 e. The first-order valence-corrected chi connectivity index (χ1v) is 16.5. The fourth-order valence-corrected chi connectivity index (χ4v) is 7.32.